The highest BCUT2D eigenvalue weighted by Crippen LogP contribution is 2.31. The number of piperidine rings is 1. The summed E-state index contributed by atoms with van der Waals surface area (Å²) in [6, 6.07) is 12.3. The molecule has 3 aromatic rings. The summed E-state index contributed by atoms with van der Waals surface area (Å²) in [6.45, 7) is 3.12. The lowest BCUT2D eigenvalue weighted by Crippen LogP contribution is -2.42. The molecule has 1 aliphatic heterocycles. The predicted molar refractivity (Wildman–Crippen MR) is 127 cm³/mol. The van der Waals surface area contributed by atoms with Crippen molar-refractivity contribution in [2.75, 3.05) is 25.5 Å². The summed E-state index contributed by atoms with van der Waals surface area (Å²) in [7, 11) is 1.49. The van der Waals surface area contributed by atoms with Crippen LogP contribution in [0.15, 0.2) is 60.3 Å². The van der Waals surface area contributed by atoms with Crippen molar-refractivity contribution in [3.05, 3.63) is 71.4 Å². The molecule has 1 fully saturated rings. The Morgan fingerprint density at radius 1 is 1.14 bits per heavy atom. The second-order valence-electron chi connectivity index (χ2n) is 8.26. The normalized spacial score (nSPS) is 17.1. The summed E-state index contributed by atoms with van der Waals surface area (Å²) in [6.07, 6.45) is -0.974. The molecule has 0 aliphatic carbocycles. The summed E-state index contributed by atoms with van der Waals surface area (Å²) in [4.78, 5) is 18.1. The Hall–Kier alpha value is -4.15. The fraction of sp³-hybridized carbons (Fsp3) is 0.280. The molecule has 0 bridgehead atoms. The van der Waals surface area contributed by atoms with Crippen molar-refractivity contribution in [1.29, 1.82) is 0 Å². The van der Waals surface area contributed by atoms with E-state index in [0.717, 1.165) is 17.8 Å². The van der Waals surface area contributed by atoms with Gasteiger partial charge in [-0.2, -0.15) is 13.2 Å². The molecule has 1 saturated heterocycles. The highest BCUT2D eigenvalue weighted by molar-refractivity contribution is 5.88. The van der Waals surface area contributed by atoms with Crippen LogP contribution in [0.5, 0.6) is 17.5 Å². The lowest BCUT2D eigenvalue weighted by molar-refractivity contribution is -0.137. The SMILES string of the molecule is COc1ccc(NC(=O)N2CCC(=Cc3cccc(Oc4ccc(C(F)(F)F)cn4)c3)C(C)C2)nn1. The van der Waals surface area contributed by atoms with Gasteiger partial charge in [-0.05, 0) is 42.2 Å². The van der Waals surface area contributed by atoms with Gasteiger partial charge in [-0.15, -0.1) is 10.2 Å². The number of nitrogens with zero attached hydrogens (tertiary/aromatic N) is 4. The fourth-order valence-electron chi connectivity index (χ4n) is 3.74. The van der Waals surface area contributed by atoms with Crippen molar-refractivity contribution >= 4 is 17.9 Å². The third kappa shape index (κ3) is 6.29. The number of carbonyl (C=O) groups excluding carboxylic acids is 1. The third-order valence-corrected chi connectivity index (χ3v) is 5.67. The first-order valence-electron chi connectivity index (χ1n) is 11.2. The molecule has 2 aromatic heterocycles. The monoisotopic (exact) mass is 499 g/mol. The fourth-order valence-corrected chi connectivity index (χ4v) is 3.74. The number of carbonyl (C=O) groups is 1. The molecule has 8 nitrogen and oxygen atoms in total. The third-order valence-electron chi connectivity index (χ3n) is 5.67. The topological polar surface area (TPSA) is 89.5 Å². The molecular weight excluding hydrogens is 475 g/mol. The lowest BCUT2D eigenvalue weighted by atomic mass is 9.91. The Balaban J connectivity index is 1.37. The molecule has 1 atom stereocenters. The maximum Gasteiger partial charge on any atom is 0.417 e. The quantitative estimate of drug-likeness (QED) is 0.488. The first kappa shape index (κ1) is 25.0. The van der Waals surface area contributed by atoms with E-state index in [4.69, 9.17) is 9.47 Å². The first-order chi connectivity index (χ1) is 17.2. The van der Waals surface area contributed by atoms with Gasteiger partial charge < -0.3 is 14.4 Å². The highest BCUT2D eigenvalue weighted by atomic mass is 19.4. The number of alkyl halides is 3. The van der Waals surface area contributed by atoms with Gasteiger partial charge in [0.05, 0.1) is 12.7 Å². The van der Waals surface area contributed by atoms with E-state index >= 15 is 0 Å². The van der Waals surface area contributed by atoms with Crippen molar-refractivity contribution in [3.63, 3.8) is 0 Å². The number of ether oxygens (including phenoxy) is 2. The van der Waals surface area contributed by atoms with Gasteiger partial charge in [0.1, 0.15) is 5.75 Å². The van der Waals surface area contributed by atoms with Gasteiger partial charge in [-0.3, -0.25) is 5.32 Å². The summed E-state index contributed by atoms with van der Waals surface area (Å²) < 4.78 is 48.8. The number of halogens is 3. The van der Waals surface area contributed by atoms with Gasteiger partial charge in [-0.1, -0.05) is 30.7 Å². The van der Waals surface area contributed by atoms with E-state index in [1.807, 2.05) is 19.1 Å². The zero-order chi connectivity index (χ0) is 25.7. The number of methoxy groups -OCH3 is 1. The molecule has 0 saturated carbocycles. The van der Waals surface area contributed by atoms with E-state index in [1.54, 1.807) is 35.2 Å². The van der Waals surface area contributed by atoms with Crippen LogP contribution in [0, 0.1) is 5.92 Å². The van der Waals surface area contributed by atoms with Crippen molar-refractivity contribution < 1.29 is 27.4 Å². The molecule has 36 heavy (non-hydrogen) atoms. The van der Waals surface area contributed by atoms with Crippen LogP contribution in [-0.4, -0.2) is 46.3 Å². The van der Waals surface area contributed by atoms with Crippen molar-refractivity contribution in [3.8, 4) is 17.5 Å². The van der Waals surface area contributed by atoms with Crippen molar-refractivity contribution in [1.82, 2.24) is 20.1 Å². The average molecular weight is 499 g/mol. The Bertz CT molecular complexity index is 1230. The second kappa shape index (κ2) is 10.6. The number of anilines is 1. The van der Waals surface area contributed by atoms with Crippen LogP contribution < -0.4 is 14.8 Å². The molecule has 1 unspecified atom stereocenters. The van der Waals surface area contributed by atoms with Crippen LogP contribution >= 0.6 is 0 Å². The van der Waals surface area contributed by atoms with E-state index < -0.39 is 11.7 Å². The van der Waals surface area contributed by atoms with E-state index in [2.05, 4.69) is 20.5 Å². The maximum atomic E-state index is 12.7. The van der Waals surface area contributed by atoms with E-state index in [0.29, 0.717) is 37.0 Å². The number of hydrogen-bond donors (Lipinski definition) is 1. The van der Waals surface area contributed by atoms with E-state index in [-0.39, 0.29) is 17.8 Å². The summed E-state index contributed by atoms with van der Waals surface area (Å²) in [5.74, 6) is 1.35. The number of nitrogens with one attached hydrogen (secondary N) is 1. The van der Waals surface area contributed by atoms with Gasteiger partial charge in [0, 0.05) is 31.4 Å². The van der Waals surface area contributed by atoms with Gasteiger partial charge in [0.15, 0.2) is 5.82 Å². The number of urea groups is 1. The summed E-state index contributed by atoms with van der Waals surface area (Å²) >= 11 is 0. The Morgan fingerprint density at radius 2 is 1.94 bits per heavy atom. The second-order valence-corrected chi connectivity index (χ2v) is 8.26. The Labute approximate surface area is 205 Å². The molecule has 4 rings (SSSR count). The number of hydrogen-bond acceptors (Lipinski definition) is 6. The van der Waals surface area contributed by atoms with Crippen molar-refractivity contribution in [2.24, 2.45) is 5.92 Å². The number of rotatable bonds is 5. The zero-order valence-corrected chi connectivity index (χ0v) is 19.6. The summed E-state index contributed by atoms with van der Waals surface area (Å²) in [5, 5.41) is 10.5. The van der Waals surface area contributed by atoms with Crippen LogP contribution in [0.25, 0.3) is 6.08 Å². The lowest BCUT2D eigenvalue weighted by Gasteiger charge is -2.33. The van der Waals surface area contributed by atoms with Crippen LogP contribution in [0.1, 0.15) is 24.5 Å². The van der Waals surface area contributed by atoms with Gasteiger partial charge in [0.2, 0.25) is 11.8 Å². The van der Waals surface area contributed by atoms with E-state index in [1.165, 1.54) is 18.7 Å². The molecule has 1 N–H and O–H groups in total. The zero-order valence-electron chi connectivity index (χ0n) is 19.6. The van der Waals surface area contributed by atoms with Crippen LogP contribution in [0.3, 0.4) is 0 Å². The molecule has 11 heteroatoms. The Morgan fingerprint density at radius 3 is 2.58 bits per heavy atom. The number of amides is 2. The average Bonchev–Trinajstić information content (AvgIpc) is 2.86. The van der Waals surface area contributed by atoms with Crippen LogP contribution in [0.2, 0.25) is 0 Å². The summed E-state index contributed by atoms with van der Waals surface area (Å²) in [5.41, 5.74) is 1.22. The predicted octanol–water partition coefficient (Wildman–Crippen LogP) is 5.65. The molecular formula is C25H24F3N5O3. The minimum absolute atomic E-state index is 0.0713. The standard InChI is InChI=1S/C25H24F3N5O3/c1-16-15-33(24(34)30-21-7-9-23(35-2)32-31-21)11-10-18(16)12-17-4-3-5-20(13-17)36-22-8-6-19(14-29-22)25(26,27)28/h3-9,12-14,16H,10-11,15H2,1-2H3,(H,30,31,34). The van der Waals surface area contributed by atoms with E-state index in [9.17, 15) is 18.0 Å². The van der Waals surface area contributed by atoms with Gasteiger partial charge in [-0.25, -0.2) is 9.78 Å². The minimum Gasteiger partial charge on any atom is -0.480 e. The Kier molecular flexibility index (Phi) is 7.37. The first-order valence-corrected chi connectivity index (χ1v) is 11.2. The highest BCUT2D eigenvalue weighted by Gasteiger charge is 2.30. The van der Waals surface area contributed by atoms with Gasteiger partial charge >= 0.3 is 12.2 Å². The number of benzene rings is 1. The molecule has 0 spiro atoms. The number of aromatic nitrogens is 3. The molecule has 188 valence electrons. The smallest absolute Gasteiger partial charge is 0.417 e. The molecule has 0 radical (unpaired) electrons. The minimum atomic E-state index is -4.45. The molecule has 3 heterocycles. The largest absolute Gasteiger partial charge is 0.480 e. The van der Waals surface area contributed by atoms with Gasteiger partial charge in [0.25, 0.3) is 0 Å². The van der Waals surface area contributed by atoms with Crippen LogP contribution in [0.4, 0.5) is 23.8 Å². The maximum absolute atomic E-state index is 12.7. The van der Waals surface area contributed by atoms with Crippen LogP contribution in [-0.2, 0) is 6.18 Å². The molecule has 1 aromatic carbocycles. The molecule has 1 aliphatic rings. The number of likely N-dealkylation sites (tertiary alicyclic amines) is 1. The molecule has 2 amide bonds. The number of pyridine rings is 1. The van der Waals surface area contributed by atoms with Crippen molar-refractivity contribution in [2.45, 2.75) is 19.5 Å².